The van der Waals surface area contributed by atoms with Crippen LogP contribution in [0.2, 0.25) is 0 Å². The second kappa shape index (κ2) is 8.38. The van der Waals surface area contributed by atoms with Gasteiger partial charge >= 0.3 is 0 Å². The summed E-state index contributed by atoms with van der Waals surface area (Å²) in [5.74, 6) is 2.52. The molecule has 0 spiro atoms. The summed E-state index contributed by atoms with van der Waals surface area (Å²) in [4.78, 5) is 10.3. The largest absolute Gasteiger partial charge is 0.439 e. The van der Waals surface area contributed by atoms with Gasteiger partial charge in [-0.25, -0.2) is 4.98 Å². The molecule has 0 unspecified atom stereocenters. The van der Waals surface area contributed by atoms with Gasteiger partial charge in [0.25, 0.3) is 0 Å². The highest BCUT2D eigenvalue weighted by atomic mass is 32.2. The quantitative estimate of drug-likeness (QED) is 0.418. The number of hydrogen-bond donors (Lipinski definition) is 1. The van der Waals surface area contributed by atoms with Crippen molar-refractivity contribution < 1.29 is 4.74 Å². The normalized spacial score (nSPS) is 10.4. The lowest BCUT2D eigenvalue weighted by atomic mass is 10.2. The Bertz CT molecular complexity index is 996. The summed E-state index contributed by atoms with van der Waals surface area (Å²) in [6.45, 7) is 0. The number of benzene rings is 3. The standard InChI is InChI=1S/C22H17N3OS/c1-4-10-17(11-5-1)22-23-20(25-27-19-14-8-3-9-15-19)16-21(24-22)26-18-12-6-2-7-13-18/h1-16H,(H,23,24,25). The molecule has 3 aromatic carbocycles. The van der Waals surface area contributed by atoms with Crippen LogP contribution in [0.5, 0.6) is 11.6 Å². The van der Waals surface area contributed by atoms with Crippen LogP contribution in [0.15, 0.2) is 102 Å². The number of hydrogen-bond acceptors (Lipinski definition) is 5. The molecule has 132 valence electrons. The molecule has 4 nitrogen and oxygen atoms in total. The van der Waals surface area contributed by atoms with Crippen molar-refractivity contribution in [3.63, 3.8) is 0 Å². The van der Waals surface area contributed by atoms with E-state index in [4.69, 9.17) is 4.74 Å². The van der Waals surface area contributed by atoms with Crippen LogP contribution in [-0.2, 0) is 0 Å². The topological polar surface area (TPSA) is 47.0 Å². The average Bonchev–Trinajstić information content (AvgIpc) is 2.74. The van der Waals surface area contributed by atoms with Crippen LogP contribution in [0.25, 0.3) is 11.4 Å². The van der Waals surface area contributed by atoms with Crippen LogP contribution in [0.3, 0.4) is 0 Å². The Kier molecular flexibility index (Phi) is 5.31. The number of para-hydroxylation sites is 1. The number of aromatic nitrogens is 2. The van der Waals surface area contributed by atoms with Gasteiger partial charge in [0.05, 0.1) is 0 Å². The first-order valence-electron chi connectivity index (χ1n) is 8.52. The lowest BCUT2D eigenvalue weighted by Gasteiger charge is -2.10. The van der Waals surface area contributed by atoms with E-state index in [1.165, 1.54) is 11.9 Å². The molecule has 0 aliphatic rings. The lowest BCUT2D eigenvalue weighted by Crippen LogP contribution is -1.98. The van der Waals surface area contributed by atoms with Crippen molar-refractivity contribution in [1.82, 2.24) is 9.97 Å². The zero-order valence-corrected chi connectivity index (χ0v) is 15.3. The molecule has 0 amide bonds. The zero-order valence-electron chi connectivity index (χ0n) is 14.4. The summed E-state index contributed by atoms with van der Waals surface area (Å²) in [5.41, 5.74) is 0.934. The molecular formula is C22H17N3OS. The van der Waals surface area contributed by atoms with Crippen LogP contribution in [0.4, 0.5) is 5.82 Å². The highest BCUT2D eigenvalue weighted by Crippen LogP contribution is 2.27. The van der Waals surface area contributed by atoms with Crippen molar-refractivity contribution in [2.24, 2.45) is 0 Å². The maximum absolute atomic E-state index is 5.93. The first-order valence-corrected chi connectivity index (χ1v) is 9.34. The van der Waals surface area contributed by atoms with Crippen LogP contribution in [-0.4, -0.2) is 9.97 Å². The fraction of sp³-hybridized carbons (Fsp3) is 0. The van der Waals surface area contributed by atoms with Crippen molar-refractivity contribution in [3.05, 3.63) is 97.1 Å². The van der Waals surface area contributed by atoms with Crippen molar-refractivity contribution in [2.45, 2.75) is 4.90 Å². The fourth-order valence-electron chi connectivity index (χ4n) is 2.45. The van der Waals surface area contributed by atoms with Crippen molar-refractivity contribution in [1.29, 1.82) is 0 Å². The zero-order chi connectivity index (χ0) is 18.3. The Balaban J connectivity index is 1.63. The minimum absolute atomic E-state index is 0.492. The summed E-state index contributed by atoms with van der Waals surface area (Å²) < 4.78 is 9.22. The third kappa shape index (κ3) is 4.65. The van der Waals surface area contributed by atoms with E-state index in [1.54, 1.807) is 6.07 Å². The molecule has 1 aromatic heterocycles. The highest BCUT2D eigenvalue weighted by molar-refractivity contribution is 8.00. The third-order valence-corrected chi connectivity index (χ3v) is 4.54. The summed E-state index contributed by atoms with van der Waals surface area (Å²) in [5, 5.41) is 0. The van der Waals surface area contributed by atoms with Crippen LogP contribution < -0.4 is 9.46 Å². The molecule has 0 aliphatic carbocycles. The van der Waals surface area contributed by atoms with Crippen LogP contribution in [0, 0.1) is 0 Å². The smallest absolute Gasteiger partial charge is 0.224 e. The van der Waals surface area contributed by atoms with E-state index < -0.39 is 0 Å². The molecule has 27 heavy (non-hydrogen) atoms. The van der Waals surface area contributed by atoms with Crippen molar-refractivity contribution in [3.8, 4) is 23.0 Å². The molecule has 0 bridgehead atoms. The minimum atomic E-state index is 0.492. The maximum atomic E-state index is 5.93. The number of anilines is 1. The fourth-order valence-corrected chi connectivity index (χ4v) is 3.08. The SMILES string of the molecule is c1ccc(Oc2cc(NSc3ccccc3)nc(-c3ccccc3)n2)cc1. The molecule has 0 saturated carbocycles. The predicted molar refractivity (Wildman–Crippen MR) is 110 cm³/mol. The summed E-state index contributed by atoms with van der Waals surface area (Å²) in [6.07, 6.45) is 0. The Morgan fingerprint density at radius 3 is 2.04 bits per heavy atom. The van der Waals surface area contributed by atoms with Gasteiger partial charge in [0.15, 0.2) is 5.82 Å². The predicted octanol–water partition coefficient (Wildman–Crippen LogP) is 6.06. The molecule has 0 saturated heterocycles. The van der Waals surface area contributed by atoms with Crippen molar-refractivity contribution in [2.75, 3.05) is 4.72 Å². The number of nitrogens with one attached hydrogen (secondary N) is 1. The first kappa shape index (κ1) is 17.1. The Hall–Kier alpha value is -3.31. The van der Waals surface area contributed by atoms with Gasteiger partial charge < -0.3 is 9.46 Å². The van der Waals surface area contributed by atoms with Gasteiger partial charge in [-0.15, -0.1) is 0 Å². The van der Waals surface area contributed by atoms with Crippen molar-refractivity contribution >= 4 is 17.8 Å². The summed E-state index contributed by atoms with van der Waals surface area (Å²) in [7, 11) is 0. The van der Waals surface area contributed by atoms with Gasteiger partial charge in [-0.2, -0.15) is 4.98 Å². The average molecular weight is 371 g/mol. The monoisotopic (exact) mass is 371 g/mol. The Morgan fingerprint density at radius 1 is 0.704 bits per heavy atom. The molecule has 1 N–H and O–H groups in total. The highest BCUT2D eigenvalue weighted by Gasteiger charge is 2.09. The maximum Gasteiger partial charge on any atom is 0.224 e. The second-order valence-electron chi connectivity index (χ2n) is 5.71. The van der Waals surface area contributed by atoms with E-state index >= 15 is 0 Å². The molecule has 0 fully saturated rings. The number of nitrogens with zero attached hydrogens (tertiary/aromatic N) is 2. The lowest BCUT2D eigenvalue weighted by molar-refractivity contribution is 0.463. The molecule has 1 heterocycles. The Morgan fingerprint density at radius 2 is 1.33 bits per heavy atom. The second-order valence-corrected chi connectivity index (χ2v) is 6.59. The van der Waals surface area contributed by atoms with E-state index in [-0.39, 0.29) is 0 Å². The van der Waals surface area contributed by atoms with Gasteiger partial charge in [-0.05, 0) is 36.2 Å². The summed E-state index contributed by atoms with van der Waals surface area (Å²) >= 11 is 1.50. The number of rotatable bonds is 6. The Labute approximate surface area is 162 Å². The van der Waals surface area contributed by atoms with E-state index in [2.05, 4.69) is 14.7 Å². The third-order valence-electron chi connectivity index (χ3n) is 3.72. The molecular weight excluding hydrogens is 354 g/mol. The van der Waals surface area contributed by atoms with Gasteiger partial charge in [-0.1, -0.05) is 66.7 Å². The first-order chi connectivity index (χ1) is 13.4. The molecule has 0 radical (unpaired) electrons. The molecule has 0 atom stereocenters. The number of ether oxygens (including phenoxy) is 1. The van der Waals surface area contributed by atoms with Crippen LogP contribution >= 0.6 is 11.9 Å². The van der Waals surface area contributed by atoms with E-state index in [0.29, 0.717) is 17.5 Å². The van der Waals surface area contributed by atoms with E-state index in [1.807, 2.05) is 91.0 Å². The molecule has 4 rings (SSSR count). The molecule has 0 aliphatic heterocycles. The van der Waals surface area contributed by atoms with Gasteiger partial charge in [0, 0.05) is 16.5 Å². The summed E-state index contributed by atoms with van der Waals surface area (Å²) in [6, 6.07) is 31.4. The van der Waals surface area contributed by atoms with Gasteiger partial charge in [-0.3, -0.25) is 0 Å². The van der Waals surface area contributed by atoms with E-state index in [9.17, 15) is 0 Å². The van der Waals surface area contributed by atoms with Gasteiger partial charge in [0.2, 0.25) is 5.88 Å². The molecule has 5 heteroatoms. The van der Waals surface area contributed by atoms with E-state index in [0.717, 1.165) is 16.2 Å². The minimum Gasteiger partial charge on any atom is -0.439 e. The molecule has 4 aromatic rings. The van der Waals surface area contributed by atoms with Crippen LogP contribution in [0.1, 0.15) is 0 Å². The van der Waals surface area contributed by atoms with Gasteiger partial charge in [0.1, 0.15) is 11.6 Å².